The first-order valence-corrected chi connectivity index (χ1v) is 9.26. The van der Waals surface area contributed by atoms with Crippen LogP contribution >= 0.6 is 15.9 Å². The number of rotatable bonds is 6. The molecule has 2 rings (SSSR count). The molecule has 0 saturated carbocycles. The molecule has 0 aliphatic heterocycles. The van der Waals surface area contributed by atoms with E-state index in [-0.39, 0.29) is 22.3 Å². The number of amides is 1. The van der Waals surface area contributed by atoms with Crippen molar-refractivity contribution in [3.05, 3.63) is 46.9 Å². The van der Waals surface area contributed by atoms with Crippen LogP contribution in [-0.4, -0.2) is 20.9 Å². The molecule has 0 fully saturated rings. The zero-order valence-corrected chi connectivity index (χ0v) is 15.5. The van der Waals surface area contributed by atoms with Gasteiger partial charge in [0.15, 0.2) is 0 Å². The number of benzene rings is 2. The quantitative estimate of drug-likeness (QED) is 0.731. The van der Waals surface area contributed by atoms with Gasteiger partial charge in [0, 0.05) is 17.1 Å². The molecule has 0 aliphatic rings. The Morgan fingerprint density at radius 1 is 1.17 bits per heavy atom. The van der Waals surface area contributed by atoms with E-state index in [2.05, 4.69) is 21.2 Å². The van der Waals surface area contributed by atoms with E-state index < -0.39 is 10.1 Å². The van der Waals surface area contributed by atoms with Crippen molar-refractivity contribution < 1.29 is 22.1 Å². The number of nitrogens with one attached hydrogen (secondary N) is 1. The van der Waals surface area contributed by atoms with Crippen LogP contribution in [0.25, 0.3) is 0 Å². The first-order chi connectivity index (χ1) is 11.3. The third kappa shape index (κ3) is 4.72. The molecule has 0 heterocycles. The summed E-state index contributed by atoms with van der Waals surface area (Å²) < 4.78 is 36.1. The highest BCUT2D eigenvalue weighted by molar-refractivity contribution is 9.10. The minimum atomic E-state index is -4.07. The van der Waals surface area contributed by atoms with Gasteiger partial charge in [-0.15, -0.1) is 0 Å². The molecule has 128 valence electrons. The van der Waals surface area contributed by atoms with Crippen LogP contribution < -0.4 is 14.2 Å². The second-order valence-corrected chi connectivity index (χ2v) is 7.20. The summed E-state index contributed by atoms with van der Waals surface area (Å²) in [6.07, 6.45) is 0. The first kappa shape index (κ1) is 18.3. The minimum Gasteiger partial charge on any atom is -0.492 e. The minimum absolute atomic E-state index is 0.0651. The molecule has 0 radical (unpaired) electrons. The summed E-state index contributed by atoms with van der Waals surface area (Å²) in [5, 5.41) is 2.59. The summed E-state index contributed by atoms with van der Waals surface area (Å²) in [6, 6.07) is 10.7. The van der Waals surface area contributed by atoms with Gasteiger partial charge in [-0.3, -0.25) is 4.79 Å². The van der Waals surface area contributed by atoms with E-state index in [9.17, 15) is 13.2 Å². The molecule has 0 atom stereocenters. The lowest BCUT2D eigenvalue weighted by Gasteiger charge is -2.12. The molecule has 0 spiro atoms. The van der Waals surface area contributed by atoms with Crippen LogP contribution in [-0.2, 0) is 14.9 Å². The average Bonchev–Trinajstić information content (AvgIpc) is 2.50. The van der Waals surface area contributed by atoms with Crippen LogP contribution in [0.2, 0.25) is 0 Å². The number of ether oxygens (including phenoxy) is 1. The third-order valence-electron chi connectivity index (χ3n) is 2.86. The maximum atomic E-state index is 12.5. The van der Waals surface area contributed by atoms with E-state index in [1.54, 1.807) is 31.2 Å². The average molecular weight is 414 g/mol. The highest BCUT2D eigenvalue weighted by atomic mass is 79.9. The summed E-state index contributed by atoms with van der Waals surface area (Å²) in [4.78, 5) is 10.9. The molecule has 0 unspecified atom stereocenters. The second-order valence-electron chi connectivity index (χ2n) is 4.77. The number of carbonyl (C=O) groups excluding carboxylic acids is 1. The zero-order chi connectivity index (χ0) is 17.7. The molecule has 24 heavy (non-hydrogen) atoms. The fourth-order valence-corrected chi connectivity index (χ4v) is 3.53. The lowest BCUT2D eigenvalue weighted by atomic mass is 10.3. The van der Waals surface area contributed by atoms with E-state index in [1.807, 2.05) is 0 Å². The van der Waals surface area contributed by atoms with Crippen LogP contribution in [0, 0.1) is 0 Å². The fraction of sp³-hybridized carbons (Fsp3) is 0.188. The normalized spacial score (nSPS) is 11.0. The van der Waals surface area contributed by atoms with Crippen LogP contribution in [0.3, 0.4) is 0 Å². The molecule has 8 heteroatoms. The van der Waals surface area contributed by atoms with Gasteiger partial charge in [0.1, 0.15) is 16.4 Å². The van der Waals surface area contributed by atoms with Crippen LogP contribution in [0.5, 0.6) is 11.5 Å². The third-order valence-corrected chi connectivity index (χ3v) is 4.62. The van der Waals surface area contributed by atoms with Gasteiger partial charge in [0.25, 0.3) is 0 Å². The largest absolute Gasteiger partial charge is 0.492 e. The molecule has 0 saturated heterocycles. The van der Waals surface area contributed by atoms with Gasteiger partial charge >= 0.3 is 10.1 Å². The Hall–Kier alpha value is -2.06. The highest BCUT2D eigenvalue weighted by Crippen LogP contribution is 2.30. The monoisotopic (exact) mass is 413 g/mol. The molecular weight excluding hydrogens is 398 g/mol. The summed E-state index contributed by atoms with van der Waals surface area (Å²) in [7, 11) is -4.07. The van der Waals surface area contributed by atoms with E-state index >= 15 is 0 Å². The number of anilines is 1. The number of hydrogen-bond donors (Lipinski definition) is 1. The summed E-state index contributed by atoms with van der Waals surface area (Å²) in [5.41, 5.74) is 0.546. The zero-order valence-electron chi connectivity index (χ0n) is 13.1. The maximum absolute atomic E-state index is 12.5. The highest BCUT2D eigenvalue weighted by Gasteiger charge is 2.22. The number of carbonyl (C=O) groups is 1. The predicted molar refractivity (Wildman–Crippen MR) is 93.9 cm³/mol. The SMILES string of the molecule is CCOc1ccc(Br)cc1S(=O)(=O)Oc1ccc(NC(C)=O)cc1. The molecule has 1 amide bonds. The Morgan fingerprint density at radius 3 is 2.42 bits per heavy atom. The van der Waals surface area contributed by atoms with Crippen LogP contribution in [0.1, 0.15) is 13.8 Å². The molecule has 0 aliphatic carbocycles. The van der Waals surface area contributed by atoms with Crippen molar-refractivity contribution in [1.82, 2.24) is 0 Å². The topological polar surface area (TPSA) is 81.7 Å². The van der Waals surface area contributed by atoms with Crippen molar-refractivity contribution >= 4 is 37.6 Å². The standard InChI is InChI=1S/C16H16BrNO5S/c1-3-22-15-9-4-12(17)10-16(15)24(20,21)23-14-7-5-13(6-8-14)18-11(2)19/h4-10H,3H2,1-2H3,(H,18,19). The second kappa shape index (κ2) is 7.67. The van der Waals surface area contributed by atoms with Crippen molar-refractivity contribution in [2.24, 2.45) is 0 Å². The Bertz CT molecular complexity index is 834. The van der Waals surface area contributed by atoms with Crippen LogP contribution in [0.15, 0.2) is 51.8 Å². The van der Waals surface area contributed by atoms with Gasteiger partial charge in [-0.25, -0.2) is 0 Å². The van der Waals surface area contributed by atoms with Crippen LogP contribution in [0.4, 0.5) is 5.69 Å². The Kier molecular flexibility index (Phi) is 5.84. The van der Waals surface area contributed by atoms with Gasteiger partial charge in [-0.05, 0) is 49.4 Å². The predicted octanol–water partition coefficient (Wildman–Crippen LogP) is 3.57. The molecule has 2 aromatic carbocycles. The summed E-state index contributed by atoms with van der Waals surface area (Å²) >= 11 is 3.24. The maximum Gasteiger partial charge on any atom is 0.342 e. The van der Waals surface area contributed by atoms with Gasteiger partial charge in [0.05, 0.1) is 6.61 Å². The van der Waals surface area contributed by atoms with Gasteiger partial charge < -0.3 is 14.2 Å². The molecule has 1 N–H and O–H groups in total. The Balaban J connectivity index is 2.28. The smallest absolute Gasteiger partial charge is 0.342 e. The molecule has 0 aromatic heterocycles. The molecular formula is C16H16BrNO5S. The summed E-state index contributed by atoms with van der Waals surface area (Å²) in [5.74, 6) is 0.133. The number of hydrogen-bond acceptors (Lipinski definition) is 5. The molecule has 2 aromatic rings. The molecule has 6 nitrogen and oxygen atoms in total. The van der Waals surface area contributed by atoms with Gasteiger partial charge in [-0.1, -0.05) is 15.9 Å². The van der Waals surface area contributed by atoms with Crippen molar-refractivity contribution in [2.45, 2.75) is 18.7 Å². The van der Waals surface area contributed by atoms with Gasteiger partial charge in [0.2, 0.25) is 5.91 Å². The van der Waals surface area contributed by atoms with E-state index in [1.165, 1.54) is 25.1 Å². The lowest BCUT2D eigenvalue weighted by Crippen LogP contribution is -2.12. The van der Waals surface area contributed by atoms with Crippen molar-refractivity contribution in [2.75, 3.05) is 11.9 Å². The fourth-order valence-electron chi connectivity index (χ4n) is 1.92. The Labute approximate surface area is 149 Å². The summed E-state index contributed by atoms with van der Waals surface area (Å²) in [6.45, 7) is 3.48. The van der Waals surface area contributed by atoms with E-state index in [4.69, 9.17) is 8.92 Å². The van der Waals surface area contributed by atoms with E-state index in [0.717, 1.165) is 0 Å². The van der Waals surface area contributed by atoms with E-state index in [0.29, 0.717) is 16.8 Å². The lowest BCUT2D eigenvalue weighted by molar-refractivity contribution is -0.114. The first-order valence-electron chi connectivity index (χ1n) is 7.06. The van der Waals surface area contributed by atoms with Gasteiger partial charge in [-0.2, -0.15) is 8.42 Å². The van der Waals surface area contributed by atoms with Crippen molar-refractivity contribution in [1.29, 1.82) is 0 Å². The number of halogens is 1. The van der Waals surface area contributed by atoms with Crippen molar-refractivity contribution in [3.8, 4) is 11.5 Å². The molecule has 0 bridgehead atoms. The van der Waals surface area contributed by atoms with Crippen molar-refractivity contribution in [3.63, 3.8) is 0 Å². The Morgan fingerprint density at radius 2 is 1.83 bits per heavy atom.